The molecule has 0 aliphatic carbocycles. The molecule has 1 aromatic rings. The summed E-state index contributed by atoms with van der Waals surface area (Å²) in [6.45, 7) is 2.45. The van der Waals surface area contributed by atoms with Crippen molar-refractivity contribution in [2.45, 2.75) is 26.8 Å². The second-order valence-electron chi connectivity index (χ2n) is 4.71. The highest BCUT2D eigenvalue weighted by atomic mass is 32.1. The SMILES string of the molecule is CCC1=C(C(=N)/C=C\NC(F)F)CN=C(c2nccs2)N1CC. The van der Waals surface area contributed by atoms with E-state index in [-0.39, 0.29) is 5.71 Å². The summed E-state index contributed by atoms with van der Waals surface area (Å²) >= 11 is 1.52. The second kappa shape index (κ2) is 7.96. The number of hydrogen-bond acceptors (Lipinski definition) is 6. The molecule has 0 amide bonds. The van der Waals surface area contributed by atoms with Crippen LogP contribution in [0.4, 0.5) is 8.78 Å². The zero-order valence-electron chi connectivity index (χ0n) is 13.0. The number of alkyl halides is 2. The smallest absolute Gasteiger partial charge is 0.312 e. The van der Waals surface area contributed by atoms with E-state index in [1.165, 1.54) is 17.4 Å². The van der Waals surface area contributed by atoms with Crippen LogP contribution in [0.25, 0.3) is 0 Å². The van der Waals surface area contributed by atoms with E-state index in [0.29, 0.717) is 13.1 Å². The Hall–Kier alpha value is -2.09. The predicted octanol–water partition coefficient (Wildman–Crippen LogP) is 3.23. The van der Waals surface area contributed by atoms with E-state index in [2.05, 4.69) is 9.98 Å². The molecule has 23 heavy (non-hydrogen) atoms. The van der Waals surface area contributed by atoms with Crippen LogP contribution in [0.1, 0.15) is 25.3 Å². The van der Waals surface area contributed by atoms with Gasteiger partial charge in [0.1, 0.15) is 0 Å². The molecule has 0 saturated carbocycles. The monoisotopic (exact) mass is 339 g/mol. The Morgan fingerprint density at radius 3 is 2.87 bits per heavy atom. The lowest BCUT2D eigenvalue weighted by molar-refractivity contribution is 0.125. The summed E-state index contributed by atoms with van der Waals surface area (Å²) < 4.78 is 24.2. The molecular formula is C15H19F2N5S. The number of rotatable bonds is 7. The Bertz CT molecular complexity index is 634. The third-order valence-corrected chi connectivity index (χ3v) is 4.16. The fraction of sp³-hybridized carbons (Fsp3) is 0.400. The van der Waals surface area contributed by atoms with Gasteiger partial charge in [-0.2, -0.15) is 8.78 Å². The van der Waals surface area contributed by atoms with E-state index in [1.807, 2.05) is 29.4 Å². The zero-order valence-corrected chi connectivity index (χ0v) is 13.8. The molecule has 1 aliphatic rings. The van der Waals surface area contributed by atoms with Crippen molar-refractivity contribution in [1.82, 2.24) is 15.2 Å². The van der Waals surface area contributed by atoms with Crippen molar-refractivity contribution in [1.29, 1.82) is 5.41 Å². The molecule has 2 N–H and O–H groups in total. The van der Waals surface area contributed by atoms with Crippen LogP contribution >= 0.6 is 11.3 Å². The Balaban J connectivity index is 2.26. The number of amidine groups is 1. The van der Waals surface area contributed by atoms with Gasteiger partial charge in [0, 0.05) is 35.6 Å². The number of allylic oxidation sites excluding steroid dienone is 2. The number of thiazole rings is 1. The third kappa shape index (κ3) is 4.01. The minimum Gasteiger partial charge on any atom is -0.336 e. The normalized spacial score (nSPS) is 15.5. The second-order valence-corrected chi connectivity index (χ2v) is 5.61. The quantitative estimate of drug-likeness (QED) is 0.592. The van der Waals surface area contributed by atoms with Gasteiger partial charge in [-0.05, 0) is 19.4 Å². The van der Waals surface area contributed by atoms with Gasteiger partial charge < -0.3 is 15.6 Å². The summed E-state index contributed by atoms with van der Waals surface area (Å²) in [7, 11) is 0. The molecule has 0 spiro atoms. The lowest BCUT2D eigenvalue weighted by atomic mass is 10.0. The van der Waals surface area contributed by atoms with Crippen molar-refractivity contribution in [2.75, 3.05) is 13.1 Å². The molecule has 0 fully saturated rings. The molecule has 0 saturated heterocycles. The van der Waals surface area contributed by atoms with Crippen molar-refractivity contribution in [3.63, 3.8) is 0 Å². The van der Waals surface area contributed by atoms with Crippen molar-refractivity contribution < 1.29 is 8.78 Å². The van der Waals surface area contributed by atoms with Crippen molar-refractivity contribution in [3.05, 3.63) is 40.1 Å². The molecule has 2 heterocycles. The third-order valence-electron chi connectivity index (χ3n) is 3.39. The Morgan fingerprint density at radius 2 is 2.30 bits per heavy atom. The maximum absolute atomic E-state index is 12.1. The standard InChI is InChI=1S/C15H19F2N5S/c1-3-12-10(11(18)5-6-20-15(16)17)9-21-13(22(12)4-2)14-19-7-8-23-14/h5-8,15,18,20H,3-4,9H2,1-2H3/b6-5-,18-11?. The average Bonchev–Trinajstić information content (AvgIpc) is 3.06. The molecule has 8 heteroatoms. The Kier molecular flexibility index (Phi) is 5.97. The zero-order chi connectivity index (χ0) is 16.8. The molecule has 0 radical (unpaired) electrons. The summed E-state index contributed by atoms with van der Waals surface area (Å²) in [6, 6.07) is 0. The molecule has 1 aliphatic heterocycles. The molecule has 124 valence electrons. The summed E-state index contributed by atoms with van der Waals surface area (Å²) in [5.74, 6) is 0.811. The van der Waals surface area contributed by atoms with Gasteiger partial charge in [0.2, 0.25) is 0 Å². The lowest BCUT2D eigenvalue weighted by Crippen LogP contribution is -2.36. The lowest BCUT2D eigenvalue weighted by Gasteiger charge is -2.31. The van der Waals surface area contributed by atoms with Gasteiger partial charge in [-0.25, -0.2) is 4.98 Å². The Morgan fingerprint density at radius 1 is 1.52 bits per heavy atom. The fourth-order valence-corrected chi connectivity index (χ4v) is 3.08. The summed E-state index contributed by atoms with van der Waals surface area (Å²) in [6.07, 6.45) is 4.91. The number of aromatic nitrogens is 1. The van der Waals surface area contributed by atoms with Crippen LogP contribution in [0.15, 0.2) is 40.1 Å². The van der Waals surface area contributed by atoms with Crippen molar-refractivity contribution in [2.24, 2.45) is 4.99 Å². The molecule has 0 bridgehead atoms. The van der Waals surface area contributed by atoms with E-state index in [4.69, 9.17) is 5.41 Å². The van der Waals surface area contributed by atoms with Crippen LogP contribution in [-0.4, -0.2) is 41.1 Å². The summed E-state index contributed by atoms with van der Waals surface area (Å²) in [5.41, 5.74) is 1.93. The first kappa shape index (κ1) is 17.3. The molecule has 0 aromatic carbocycles. The van der Waals surface area contributed by atoms with Crippen LogP contribution in [0.2, 0.25) is 0 Å². The van der Waals surface area contributed by atoms with Gasteiger partial charge in [0.05, 0.1) is 12.3 Å². The number of nitrogens with zero attached hydrogens (tertiary/aromatic N) is 3. The van der Waals surface area contributed by atoms with Crippen LogP contribution in [0, 0.1) is 5.41 Å². The van der Waals surface area contributed by atoms with E-state index >= 15 is 0 Å². The first-order valence-corrected chi connectivity index (χ1v) is 8.20. The minimum absolute atomic E-state index is 0.190. The fourth-order valence-electron chi connectivity index (χ4n) is 2.43. The van der Waals surface area contributed by atoms with Gasteiger partial charge in [0.15, 0.2) is 10.8 Å². The Labute approximate surface area is 138 Å². The average molecular weight is 339 g/mol. The minimum atomic E-state index is -2.63. The first-order valence-electron chi connectivity index (χ1n) is 7.32. The van der Waals surface area contributed by atoms with Gasteiger partial charge in [0.25, 0.3) is 0 Å². The first-order chi connectivity index (χ1) is 11.1. The molecular weight excluding hydrogens is 320 g/mol. The van der Waals surface area contributed by atoms with Crippen LogP contribution in [-0.2, 0) is 0 Å². The van der Waals surface area contributed by atoms with Crippen LogP contribution < -0.4 is 5.32 Å². The van der Waals surface area contributed by atoms with E-state index in [0.717, 1.165) is 34.7 Å². The van der Waals surface area contributed by atoms with Gasteiger partial charge in [-0.1, -0.05) is 6.92 Å². The number of halogens is 2. The number of nitrogens with one attached hydrogen (secondary N) is 2. The van der Waals surface area contributed by atoms with E-state index in [9.17, 15) is 8.78 Å². The van der Waals surface area contributed by atoms with Crippen molar-refractivity contribution >= 4 is 22.9 Å². The highest BCUT2D eigenvalue weighted by Crippen LogP contribution is 2.25. The van der Waals surface area contributed by atoms with Gasteiger partial charge >= 0.3 is 6.55 Å². The predicted molar refractivity (Wildman–Crippen MR) is 89.2 cm³/mol. The van der Waals surface area contributed by atoms with E-state index < -0.39 is 6.55 Å². The number of hydrogen-bond donors (Lipinski definition) is 2. The molecule has 5 nitrogen and oxygen atoms in total. The molecule has 1 aromatic heterocycles. The highest BCUT2D eigenvalue weighted by Gasteiger charge is 2.25. The van der Waals surface area contributed by atoms with Crippen molar-refractivity contribution in [3.8, 4) is 0 Å². The molecule has 2 rings (SSSR count). The largest absolute Gasteiger partial charge is 0.336 e. The van der Waals surface area contributed by atoms with E-state index in [1.54, 1.807) is 6.20 Å². The molecule has 0 atom stereocenters. The number of aliphatic imine (C=N–C) groups is 1. The van der Waals surface area contributed by atoms with Crippen LogP contribution in [0.5, 0.6) is 0 Å². The summed E-state index contributed by atoms with van der Waals surface area (Å²) in [4.78, 5) is 10.9. The molecule has 0 unspecified atom stereocenters. The van der Waals surface area contributed by atoms with Gasteiger partial charge in [-0.15, -0.1) is 11.3 Å². The topological polar surface area (TPSA) is 64.4 Å². The maximum Gasteiger partial charge on any atom is 0.312 e. The van der Waals surface area contributed by atoms with Crippen LogP contribution in [0.3, 0.4) is 0 Å². The highest BCUT2D eigenvalue weighted by molar-refractivity contribution is 7.11. The summed E-state index contributed by atoms with van der Waals surface area (Å²) in [5, 5.41) is 12.7. The maximum atomic E-state index is 12.1. The van der Waals surface area contributed by atoms with Gasteiger partial charge in [-0.3, -0.25) is 4.99 Å².